The Kier molecular flexibility index (Phi) is 5.42. The molecule has 1 atom stereocenters. The van der Waals surface area contributed by atoms with Crippen molar-refractivity contribution in [3.05, 3.63) is 53.1 Å². The highest BCUT2D eigenvalue weighted by Crippen LogP contribution is 2.27. The van der Waals surface area contributed by atoms with Crippen LogP contribution in [0.5, 0.6) is 0 Å². The molecule has 0 heterocycles. The van der Waals surface area contributed by atoms with E-state index >= 15 is 0 Å². The van der Waals surface area contributed by atoms with Gasteiger partial charge in [-0.05, 0) is 49.1 Å². The fourth-order valence-corrected chi connectivity index (χ4v) is 3.50. The standard InChI is InChI=1S/C18H23NO4S/c1-12(2)16-11-18(20)14(4)10-17(16)19(5)23-24(21,22)15-8-6-13(3)7-9-15/h6-12,17H,1-5H3. The summed E-state index contributed by atoms with van der Waals surface area (Å²) in [5.41, 5.74) is 2.37. The zero-order chi connectivity index (χ0) is 18.1. The molecule has 0 aliphatic heterocycles. The number of hydrogen-bond donors (Lipinski definition) is 0. The number of benzene rings is 1. The number of likely N-dealkylation sites (N-methyl/N-ethyl adjacent to an activating group) is 1. The predicted molar refractivity (Wildman–Crippen MR) is 92.7 cm³/mol. The largest absolute Gasteiger partial charge is 0.313 e. The second-order valence-corrected chi connectivity index (χ2v) is 7.87. The average Bonchev–Trinajstić information content (AvgIpc) is 2.49. The minimum Gasteiger partial charge on any atom is -0.290 e. The maximum Gasteiger partial charge on any atom is 0.313 e. The highest BCUT2D eigenvalue weighted by Gasteiger charge is 2.29. The summed E-state index contributed by atoms with van der Waals surface area (Å²) >= 11 is 0. The van der Waals surface area contributed by atoms with Crippen LogP contribution in [0.3, 0.4) is 0 Å². The molecule has 0 radical (unpaired) electrons. The minimum absolute atomic E-state index is 0.0512. The Balaban J connectivity index is 2.27. The van der Waals surface area contributed by atoms with E-state index in [1.807, 2.05) is 20.8 Å². The molecule has 0 saturated heterocycles. The number of nitrogens with zero attached hydrogens (tertiary/aromatic N) is 1. The Morgan fingerprint density at radius 3 is 2.25 bits per heavy atom. The first-order valence-electron chi connectivity index (χ1n) is 7.80. The fraction of sp³-hybridized carbons (Fsp3) is 0.389. The Labute approximate surface area is 143 Å². The van der Waals surface area contributed by atoms with Crippen molar-refractivity contribution in [2.45, 2.75) is 38.6 Å². The van der Waals surface area contributed by atoms with E-state index in [4.69, 9.17) is 4.28 Å². The lowest BCUT2D eigenvalue weighted by Gasteiger charge is -2.30. The Bertz CT molecular complexity index is 789. The third kappa shape index (κ3) is 4.01. The van der Waals surface area contributed by atoms with Crippen LogP contribution >= 0.6 is 0 Å². The molecule has 1 unspecified atom stereocenters. The van der Waals surface area contributed by atoms with Crippen molar-refractivity contribution in [1.29, 1.82) is 0 Å². The van der Waals surface area contributed by atoms with Crippen LogP contribution in [0.15, 0.2) is 52.5 Å². The Morgan fingerprint density at radius 2 is 1.71 bits per heavy atom. The lowest BCUT2D eigenvalue weighted by molar-refractivity contribution is -0.111. The van der Waals surface area contributed by atoms with Crippen LogP contribution in [0, 0.1) is 12.8 Å². The molecular formula is C18H23NO4S. The fourth-order valence-electron chi connectivity index (χ4n) is 2.54. The summed E-state index contributed by atoms with van der Waals surface area (Å²) in [5, 5.41) is 1.29. The van der Waals surface area contributed by atoms with Crippen molar-refractivity contribution >= 4 is 15.9 Å². The molecule has 1 aromatic rings. The summed E-state index contributed by atoms with van der Waals surface area (Å²) in [6, 6.07) is 6.08. The van der Waals surface area contributed by atoms with Gasteiger partial charge in [-0.15, -0.1) is 0 Å². The van der Waals surface area contributed by atoms with E-state index < -0.39 is 16.2 Å². The summed E-state index contributed by atoms with van der Waals surface area (Å²) in [4.78, 5) is 12.0. The molecule has 1 aliphatic carbocycles. The van der Waals surface area contributed by atoms with Crippen LogP contribution in [0.2, 0.25) is 0 Å². The van der Waals surface area contributed by atoms with Crippen LogP contribution in [-0.4, -0.2) is 32.4 Å². The molecule has 1 aromatic carbocycles. The van der Waals surface area contributed by atoms with Gasteiger partial charge in [0, 0.05) is 7.05 Å². The minimum atomic E-state index is -3.92. The third-order valence-electron chi connectivity index (χ3n) is 4.02. The average molecular weight is 349 g/mol. The quantitative estimate of drug-likeness (QED) is 0.765. The van der Waals surface area contributed by atoms with Crippen LogP contribution in [0.1, 0.15) is 26.3 Å². The van der Waals surface area contributed by atoms with Crippen LogP contribution in [0.25, 0.3) is 0 Å². The molecule has 5 nitrogen and oxygen atoms in total. The van der Waals surface area contributed by atoms with Crippen molar-refractivity contribution in [3.63, 3.8) is 0 Å². The molecule has 0 bridgehead atoms. The maximum absolute atomic E-state index is 12.4. The molecule has 0 fully saturated rings. The molecular weight excluding hydrogens is 326 g/mol. The summed E-state index contributed by atoms with van der Waals surface area (Å²) in [7, 11) is -2.36. The van der Waals surface area contributed by atoms with Crippen molar-refractivity contribution in [3.8, 4) is 0 Å². The van der Waals surface area contributed by atoms with Gasteiger partial charge in [0.15, 0.2) is 5.78 Å². The third-order valence-corrected chi connectivity index (χ3v) is 5.30. The summed E-state index contributed by atoms with van der Waals surface area (Å²) in [5.74, 6) is 0.0428. The summed E-state index contributed by atoms with van der Waals surface area (Å²) < 4.78 is 30.2. The van der Waals surface area contributed by atoms with Gasteiger partial charge in [-0.2, -0.15) is 17.8 Å². The maximum atomic E-state index is 12.4. The summed E-state index contributed by atoms with van der Waals surface area (Å²) in [6.45, 7) is 7.52. The highest BCUT2D eigenvalue weighted by atomic mass is 32.2. The smallest absolute Gasteiger partial charge is 0.290 e. The first kappa shape index (κ1) is 18.6. The molecule has 6 heteroatoms. The number of allylic oxidation sites excluding steroid dienone is 2. The van der Waals surface area contributed by atoms with Gasteiger partial charge in [-0.1, -0.05) is 37.6 Å². The van der Waals surface area contributed by atoms with Crippen molar-refractivity contribution in [2.24, 2.45) is 5.92 Å². The van der Waals surface area contributed by atoms with Crippen LogP contribution < -0.4 is 0 Å². The van der Waals surface area contributed by atoms with Gasteiger partial charge in [-0.25, -0.2) is 0 Å². The van der Waals surface area contributed by atoms with E-state index in [2.05, 4.69) is 0 Å². The first-order chi connectivity index (χ1) is 11.1. The van der Waals surface area contributed by atoms with E-state index in [1.165, 1.54) is 17.2 Å². The predicted octanol–water partition coefficient (Wildman–Crippen LogP) is 3.03. The van der Waals surface area contributed by atoms with Crippen molar-refractivity contribution in [1.82, 2.24) is 5.06 Å². The number of hydrogen-bond acceptors (Lipinski definition) is 5. The number of aryl methyl sites for hydroxylation is 1. The topological polar surface area (TPSA) is 63.7 Å². The van der Waals surface area contributed by atoms with Gasteiger partial charge in [0.1, 0.15) is 0 Å². The molecule has 1 aliphatic rings. The van der Waals surface area contributed by atoms with E-state index in [-0.39, 0.29) is 16.6 Å². The number of carbonyl (C=O) groups excluding carboxylic acids is 1. The van der Waals surface area contributed by atoms with Crippen molar-refractivity contribution < 1.29 is 17.5 Å². The number of carbonyl (C=O) groups is 1. The zero-order valence-corrected chi connectivity index (χ0v) is 15.4. The normalized spacial score (nSPS) is 18.8. The van der Waals surface area contributed by atoms with Gasteiger partial charge in [0.25, 0.3) is 0 Å². The van der Waals surface area contributed by atoms with E-state index in [0.29, 0.717) is 5.57 Å². The van der Waals surface area contributed by atoms with E-state index in [0.717, 1.165) is 11.1 Å². The molecule has 130 valence electrons. The summed E-state index contributed by atoms with van der Waals surface area (Å²) in [6.07, 6.45) is 3.31. The second kappa shape index (κ2) is 7.01. The number of rotatable bonds is 5. The molecule has 24 heavy (non-hydrogen) atoms. The molecule has 0 saturated carbocycles. The van der Waals surface area contributed by atoms with Gasteiger partial charge < -0.3 is 0 Å². The van der Waals surface area contributed by atoms with Gasteiger partial charge in [0.05, 0.1) is 10.9 Å². The molecule has 0 aromatic heterocycles. The Morgan fingerprint density at radius 1 is 1.12 bits per heavy atom. The number of ketones is 1. The molecule has 0 N–H and O–H groups in total. The molecule has 2 rings (SSSR count). The zero-order valence-electron chi connectivity index (χ0n) is 14.6. The SMILES string of the molecule is CC1=CC(N(C)OS(=O)(=O)c2ccc(C)cc2)C(C(C)C)=CC1=O. The number of hydroxylamine groups is 2. The lowest BCUT2D eigenvalue weighted by atomic mass is 9.88. The Hall–Kier alpha value is -1.76. The molecule has 0 spiro atoms. The van der Waals surface area contributed by atoms with E-state index in [1.54, 1.807) is 38.3 Å². The van der Waals surface area contributed by atoms with Crippen LogP contribution in [0.4, 0.5) is 0 Å². The van der Waals surface area contributed by atoms with Crippen molar-refractivity contribution in [2.75, 3.05) is 7.05 Å². The highest BCUT2D eigenvalue weighted by molar-refractivity contribution is 7.86. The van der Waals surface area contributed by atoms with E-state index in [9.17, 15) is 13.2 Å². The van der Waals surface area contributed by atoms with Gasteiger partial charge in [0.2, 0.25) is 0 Å². The first-order valence-corrected chi connectivity index (χ1v) is 9.21. The molecule has 0 amide bonds. The van der Waals surface area contributed by atoms with Crippen LogP contribution in [-0.2, 0) is 19.2 Å². The monoisotopic (exact) mass is 349 g/mol. The van der Waals surface area contributed by atoms with Gasteiger partial charge >= 0.3 is 10.1 Å². The second-order valence-electron chi connectivity index (χ2n) is 6.35. The lowest BCUT2D eigenvalue weighted by Crippen LogP contribution is -2.37. The van der Waals surface area contributed by atoms with Gasteiger partial charge in [-0.3, -0.25) is 4.79 Å².